The Morgan fingerprint density at radius 1 is 0.595 bits per heavy atom. The molecular weight excluding hydrogens is 485 g/mol. The number of para-hydroxylation sites is 2. The van der Waals surface area contributed by atoms with Crippen molar-refractivity contribution < 1.29 is 4.47 Å². The van der Waals surface area contributed by atoms with E-state index in [2.05, 4.69) is 40.4 Å². The Bertz CT molecular complexity index is 856. The number of hydrogen-bond acceptors (Lipinski definition) is 0. The average molecular weight is 538 g/mol. The van der Waals surface area contributed by atoms with Crippen LogP contribution in [0.15, 0.2) is 24.3 Å². The summed E-state index contributed by atoms with van der Waals surface area (Å²) in [6.07, 6.45) is 32.8. The van der Waals surface area contributed by atoms with E-state index in [1.165, 1.54) is 152 Å². The van der Waals surface area contributed by atoms with Crippen LogP contribution in [0, 0.1) is 0 Å². The number of hydrogen-bond donors (Lipinski definition) is 0. The van der Waals surface area contributed by atoms with Crippen LogP contribution in [0.5, 0.6) is 0 Å². The second kappa shape index (κ2) is 13.4. The first-order valence-corrected chi connectivity index (χ1v) is 19.7. The summed E-state index contributed by atoms with van der Waals surface area (Å²) in [7, 11) is 2.79. The van der Waals surface area contributed by atoms with Gasteiger partial charge in [0.1, 0.15) is 0 Å². The molecule has 1 aromatic heterocycles. The number of nitrogens with zero attached hydrogens (tertiary/aromatic N) is 2. The van der Waals surface area contributed by atoms with Crippen molar-refractivity contribution in [3.63, 3.8) is 0 Å². The van der Waals surface area contributed by atoms with Gasteiger partial charge in [-0.25, -0.2) is 0 Å². The molecule has 0 spiro atoms. The van der Waals surface area contributed by atoms with Crippen molar-refractivity contribution in [2.75, 3.05) is 0 Å². The van der Waals surface area contributed by atoms with Crippen molar-refractivity contribution in [3.05, 3.63) is 24.3 Å². The van der Waals surface area contributed by atoms with Gasteiger partial charge < -0.3 is 0 Å². The summed E-state index contributed by atoms with van der Waals surface area (Å²) in [5.74, 6) is 0. The summed E-state index contributed by atoms with van der Waals surface area (Å²) in [6.45, 7) is 0. The summed E-state index contributed by atoms with van der Waals surface area (Å²) in [5, 5.41) is 0. The molecule has 0 aliphatic heterocycles. The summed E-state index contributed by atoms with van der Waals surface area (Å²) < 4.78 is 5.55. The van der Waals surface area contributed by atoms with E-state index < -0.39 is 0 Å². The zero-order valence-corrected chi connectivity index (χ0v) is 25.3. The molecule has 4 aliphatic carbocycles. The molecule has 0 N–H and O–H groups in total. The maximum atomic E-state index is 2.78. The predicted octanol–water partition coefficient (Wildman–Crippen LogP) is 9.48. The quantitative estimate of drug-likeness (QED) is 0.297. The Labute approximate surface area is 230 Å². The number of fused-ring (bicyclic) bond motifs is 1. The zero-order chi connectivity index (χ0) is 24.9. The number of benzene rings is 1. The monoisotopic (exact) mass is 537 g/mol. The molecule has 4 saturated carbocycles. The minimum absolute atomic E-state index is 0.0772. The van der Waals surface area contributed by atoms with Gasteiger partial charge in [0.05, 0.1) is 0 Å². The Morgan fingerprint density at radius 2 is 1.03 bits per heavy atom. The molecule has 1 aromatic carbocycles. The van der Waals surface area contributed by atoms with Crippen molar-refractivity contribution in [2.24, 2.45) is 0 Å². The van der Waals surface area contributed by atoms with E-state index in [9.17, 15) is 0 Å². The third-order valence-electron chi connectivity index (χ3n) is 10.6. The molecule has 0 amide bonds. The van der Waals surface area contributed by atoms with Crippen LogP contribution in [-0.4, -0.2) is 34.3 Å². The first-order chi connectivity index (χ1) is 18.4. The van der Waals surface area contributed by atoms with E-state index in [-0.39, 0.29) is 15.8 Å². The molecule has 2 aromatic rings. The molecule has 0 saturated heterocycles. The van der Waals surface area contributed by atoms with Crippen molar-refractivity contribution in [3.8, 4) is 0 Å². The molecule has 0 unspecified atom stereocenters. The fourth-order valence-corrected chi connectivity index (χ4v) is 15.9. The Kier molecular flexibility index (Phi) is 9.76. The van der Waals surface area contributed by atoms with Crippen LogP contribution in [0.4, 0.5) is 0 Å². The summed E-state index contributed by atoms with van der Waals surface area (Å²) >= 11 is 0. The standard InChI is InChI=1S/C32H52BN2P2/c1-5-15-27(16-6-1)36(28-17-7-2-8-18-28)25-34-31-23-13-14-24-32(31)35(33-34)26-37(29-19-9-3-10-20-29)30-21-11-4-12-22-30/h13-14,23-24,27-30H,1-12,15-22,25-26H2/q+1. The molecule has 1 heterocycles. The van der Waals surface area contributed by atoms with E-state index >= 15 is 0 Å². The van der Waals surface area contributed by atoms with Gasteiger partial charge >= 0.3 is 231 Å². The molecular formula is C32H52BN2P2+. The van der Waals surface area contributed by atoms with E-state index in [0.717, 1.165) is 22.6 Å². The third kappa shape index (κ3) is 6.56. The molecule has 4 aliphatic rings. The van der Waals surface area contributed by atoms with Gasteiger partial charge in [-0.05, 0) is 0 Å². The van der Waals surface area contributed by atoms with Crippen LogP contribution in [0.25, 0.3) is 11.0 Å². The first kappa shape index (κ1) is 26.9. The molecule has 0 radical (unpaired) electrons. The summed E-state index contributed by atoms with van der Waals surface area (Å²) in [4.78, 5) is 0. The van der Waals surface area contributed by atoms with Crippen LogP contribution in [0.3, 0.4) is 0 Å². The predicted molar refractivity (Wildman–Crippen MR) is 165 cm³/mol. The van der Waals surface area contributed by atoms with Gasteiger partial charge in [-0.15, -0.1) is 0 Å². The second-order valence-electron chi connectivity index (χ2n) is 13.0. The molecule has 0 bridgehead atoms. The average Bonchev–Trinajstić information content (AvgIpc) is 3.33. The Hall–Kier alpha value is -0.255. The third-order valence-corrected chi connectivity index (χ3v) is 17.7. The summed E-state index contributed by atoms with van der Waals surface area (Å²) in [6, 6.07) is 9.50. The van der Waals surface area contributed by atoms with Gasteiger partial charge in [0, 0.05) is 0 Å². The van der Waals surface area contributed by atoms with Gasteiger partial charge in [-0.3, -0.25) is 0 Å². The fraction of sp³-hybridized carbons (Fsp3) is 0.812. The van der Waals surface area contributed by atoms with Crippen molar-refractivity contribution >= 4 is 34.1 Å². The molecule has 4 fully saturated rings. The fourth-order valence-electron chi connectivity index (χ4n) is 8.53. The summed E-state index contributed by atoms with van der Waals surface area (Å²) in [5.41, 5.74) is 7.19. The van der Waals surface area contributed by atoms with Gasteiger partial charge in [0.25, 0.3) is 0 Å². The molecule has 2 nitrogen and oxygen atoms in total. The Balaban J connectivity index is 1.28. The zero-order valence-electron chi connectivity index (χ0n) is 23.5. The Morgan fingerprint density at radius 3 is 1.51 bits per heavy atom. The minimum atomic E-state index is 0.0772. The van der Waals surface area contributed by atoms with Crippen molar-refractivity contribution in [1.82, 2.24) is 4.47 Å². The van der Waals surface area contributed by atoms with Crippen LogP contribution in [0.1, 0.15) is 128 Å². The van der Waals surface area contributed by atoms with Gasteiger partial charge in [0.15, 0.2) is 0 Å². The van der Waals surface area contributed by atoms with Crippen LogP contribution < -0.4 is 4.47 Å². The molecule has 5 heteroatoms. The van der Waals surface area contributed by atoms with E-state index in [1.54, 1.807) is 0 Å². The van der Waals surface area contributed by atoms with Crippen LogP contribution >= 0.6 is 15.8 Å². The second-order valence-corrected chi connectivity index (χ2v) is 18.6. The van der Waals surface area contributed by atoms with E-state index in [0.29, 0.717) is 0 Å². The molecule has 6 rings (SSSR count). The van der Waals surface area contributed by atoms with Gasteiger partial charge in [-0.1, -0.05) is 0 Å². The molecule has 37 heavy (non-hydrogen) atoms. The maximum absolute atomic E-state index is 2.78. The van der Waals surface area contributed by atoms with Crippen LogP contribution in [0.2, 0.25) is 0 Å². The SMILES string of the molecule is b1n(CP(C2CCCCC2)C2CCCCC2)c2ccccc2[n+]1CP(C1CCCCC1)C1CCCCC1. The van der Waals surface area contributed by atoms with E-state index in [1.807, 2.05) is 0 Å². The molecule has 0 atom stereocenters. The normalized spacial score (nSPS) is 23.8. The van der Waals surface area contributed by atoms with Crippen molar-refractivity contribution in [1.29, 1.82) is 0 Å². The molecule has 202 valence electrons. The first-order valence-electron chi connectivity index (χ1n) is 16.4. The van der Waals surface area contributed by atoms with Crippen LogP contribution in [-0.2, 0) is 12.6 Å². The van der Waals surface area contributed by atoms with Crippen molar-refractivity contribution in [2.45, 2.75) is 164 Å². The van der Waals surface area contributed by atoms with E-state index in [4.69, 9.17) is 0 Å². The van der Waals surface area contributed by atoms with Gasteiger partial charge in [-0.2, -0.15) is 0 Å². The van der Waals surface area contributed by atoms with Gasteiger partial charge in [0.2, 0.25) is 0 Å². The number of aromatic nitrogens is 2. The number of rotatable bonds is 8. The topological polar surface area (TPSA) is 8.81 Å².